The zero-order valence-electron chi connectivity index (χ0n) is 9.48. The Morgan fingerprint density at radius 3 is 2.19 bits per heavy atom. The Hall–Kier alpha value is -1.32. The minimum absolute atomic E-state index is 0.0272. The molecule has 1 atom stereocenters. The Labute approximate surface area is 95.0 Å². The van der Waals surface area contributed by atoms with Gasteiger partial charge in [-0.1, -0.05) is 26.2 Å². The second-order valence-electron chi connectivity index (χ2n) is 4.43. The van der Waals surface area contributed by atoms with Crippen LogP contribution in [0.4, 0.5) is 0 Å². The molecule has 1 fully saturated rings. The Balaban J connectivity index is 2.77. The third-order valence-corrected chi connectivity index (χ3v) is 3.37. The molecular weight excluding hydrogens is 208 g/mol. The van der Waals surface area contributed by atoms with Crippen LogP contribution in [0.5, 0.6) is 0 Å². The SMILES string of the molecule is CC(/C(=C/C(=O)O)C(=O)O)C1CCCCC1. The van der Waals surface area contributed by atoms with Crippen LogP contribution in [0, 0.1) is 11.8 Å². The molecular formula is C12H18O4. The Bertz CT molecular complexity index is 300. The predicted octanol–water partition coefficient (Wildman–Crippen LogP) is 2.30. The predicted molar refractivity (Wildman–Crippen MR) is 59.1 cm³/mol. The van der Waals surface area contributed by atoms with Crippen LogP contribution in [0.15, 0.2) is 11.6 Å². The standard InChI is InChI=1S/C12H18O4/c1-8(9-5-3-2-4-6-9)10(12(15)16)7-11(13)14/h7-9H,2-6H2,1H3,(H,13,14)(H,15,16)/b10-7-. The van der Waals surface area contributed by atoms with Gasteiger partial charge in [-0.25, -0.2) is 9.59 Å². The van der Waals surface area contributed by atoms with Crippen molar-refractivity contribution in [1.29, 1.82) is 0 Å². The maximum Gasteiger partial charge on any atom is 0.332 e. The Morgan fingerprint density at radius 2 is 1.75 bits per heavy atom. The third kappa shape index (κ3) is 3.36. The average Bonchev–Trinajstić information content (AvgIpc) is 2.25. The van der Waals surface area contributed by atoms with Gasteiger partial charge in [0.15, 0.2) is 0 Å². The zero-order chi connectivity index (χ0) is 12.1. The van der Waals surface area contributed by atoms with Crippen molar-refractivity contribution in [2.75, 3.05) is 0 Å². The van der Waals surface area contributed by atoms with Gasteiger partial charge in [0.2, 0.25) is 0 Å². The molecule has 4 nitrogen and oxygen atoms in total. The largest absolute Gasteiger partial charge is 0.478 e. The molecule has 1 unspecified atom stereocenters. The van der Waals surface area contributed by atoms with E-state index in [-0.39, 0.29) is 11.5 Å². The van der Waals surface area contributed by atoms with E-state index in [0.29, 0.717) is 5.92 Å². The Morgan fingerprint density at radius 1 is 1.19 bits per heavy atom. The lowest BCUT2D eigenvalue weighted by Crippen LogP contribution is -2.22. The fourth-order valence-corrected chi connectivity index (χ4v) is 2.41. The van der Waals surface area contributed by atoms with Crippen molar-refractivity contribution < 1.29 is 19.8 Å². The minimum Gasteiger partial charge on any atom is -0.478 e. The highest BCUT2D eigenvalue weighted by atomic mass is 16.4. The summed E-state index contributed by atoms with van der Waals surface area (Å²) in [6.45, 7) is 1.82. The highest BCUT2D eigenvalue weighted by Gasteiger charge is 2.26. The second kappa shape index (κ2) is 5.68. The van der Waals surface area contributed by atoms with Crippen LogP contribution in [0.3, 0.4) is 0 Å². The van der Waals surface area contributed by atoms with Crippen LogP contribution in [0.1, 0.15) is 39.0 Å². The van der Waals surface area contributed by atoms with Crippen LogP contribution in [0.2, 0.25) is 0 Å². The molecule has 1 aliphatic carbocycles. The molecule has 2 N–H and O–H groups in total. The van der Waals surface area contributed by atoms with E-state index in [4.69, 9.17) is 10.2 Å². The van der Waals surface area contributed by atoms with Crippen molar-refractivity contribution in [3.63, 3.8) is 0 Å². The van der Waals surface area contributed by atoms with E-state index >= 15 is 0 Å². The van der Waals surface area contributed by atoms with Gasteiger partial charge in [-0.15, -0.1) is 0 Å². The number of aliphatic carboxylic acids is 2. The summed E-state index contributed by atoms with van der Waals surface area (Å²) < 4.78 is 0. The third-order valence-electron chi connectivity index (χ3n) is 3.37. The van der Waals surface area contributed by atoms with Gasteiger partial charge in [-0.2, -0.15) is 0 Å². The first-order valence-corrected chi connectivity index (χ1v) is 5.70. The van der Waals surface area contributed by atoms with Crippen molar-refractivity contribution in [1.82, 2.24) is 0 Å². The normalized spacial score (nSPS) is 20.4. The van der Waals surface area contributed by atoms with Gasteiger partial charge in [-0.3, -0.25) is 0 Å². The number of hydrogen-bond donors (Lipinski definition) is 2. The van der Waals surface area contributed by atoms with Crippen molar-refractivity contribution in [2.45, 2.75) is 39.0 Å². The van der Waals surface area contributed by atoms with E-state index in [9.17, 15) is 9.59 Å². The topological polar surface area (TPSA) is 74.6 Å². The molecule has 0 bridgehead atoms. The highest BCUT2D eigenvalue weighted by molar-refractivity contribution is 5.95. The first-order valence-electron chi connectivity index (χ1n) is 5.70. The lowest BCUT2D eigenvalue weighted by molar-refractivity contribution is -0.135. The summed E-state index contributed by atoms with van der Waals surface area (Å²) in [6, 6.07) is 0. The first kappa shape index (κ1) is 12.7. The van der Waals surface area contributed by atoms with E-state index in [2.05, 4.69) is 0 Å². The molecule has 0 aromatic heterocycles. The monoisotopic (exact) mass is 226 g/mol. The molecule has 0 radical (unpaired) electrons. The lowest BCUT2D eigenvalue weighted by Gasteiger charge is -2.27. The molecule has 16 heavy (non-hydrogen) atoms. The van der Waals surface area contributed by atoms with Gasteiger partial charge in [0.05, 0.1) is 0 Å². The molecule has 0 heterocycles. The van der Waals surface area contributed by atoms with Crippen molar-refractivity contribution >= 4 is 11.9 Å². The average molecular weight is 226 g/mol. The summed E-state index contributed by atoms with van der Waals surface area (Å²) >= 11 is 0. The van der Waals surface area contributed by atoms with Crippen LogP contribution in [-0.4, -0.2) is 22.2 Å². The fourth-order valence-electron chi connectivity index (χ4n) is 2.41. The molecule has 1 rings (SSSR count). The maximum absolute atomic E-state index is 11.0. The van der Waals surface area contributed by atoms with Crippen molar-refractivity contribution in [3.8, 4) is 0 Å². The lowest BCUT2D eigenvalue weighted by atomic mass is 9.77. The summed E-state index contributed by atoms with van der Waals surface area (Å²) in [6.07, 6.45) is 6.29. The van der Waals surface area contributed by atoms with Gasteiger partial charge in [-0.05, 0) is 24.7 Å². The zero-order valence-corrected chi connectivity index (χ0v) is 9.48. The van der Waals surface area contributed by atoms with Crippen LogP contribution in [-0.2, 0) is 9.59 Å². The summed E-state index contributed by atoms with van der Waals surface area (Å²) in [5, 5.41) is 17.6. The molecule has 0 amide bonds. The van der Waals surface area contributed by atoms with Crippen molar-refractivity contribution in [3.05, 3.63) is 11.6 Å². The summed E-state index contributed by atoms with van der Waals surface area (Å²) in [5.74, 6) is -2.15. The van der Waals surface area contributed by atoms with Crippen LogP contribution >= 0.6 is 0 Å². The van der Waals surface area contributed by atoms with E-state index < -0.39 is 11.9 Å². The molecule has 0 aromatic carbocycles. The quantitative estimate of drug-likeness (QED) is 0.721. The smallest absolute Gasteiger partial charge is 0.332 e. The van der Waals surface area contributed by atoms with Crippen LogP contribution < -0.4 is 0 Å². The minimum atomic E-state index is -1.18. The van der Waals surface area contributed by atoms with E-state index in [1.807, 2.05) is 6.92 Å². The van der Waals surface area contributed by atoms with E-state index in [0.717, 1.165) is 31.8 Å². The van der Waals surface area contributed by atoms with Gasteiger partial charge in [0, 0.05) is 11.6 Å². The van der Waals surface area contributed by atoms with Crippen LogP contribution in [0.25, 0.3) is 0 Å². The summed E-state index contributed by atoms with van der Waals surface area (Å²) in [5.41, 5.74) is 0.0272. The number of carboxylic acids is 2. The summed E-state index contributed by atoms with van der Waals surface area (Å²) in [4.78, 5) is 21.5. The number of rotatable bonds is 4. The number of carbonyl (C=O) groups is 2. The van der Waals surface area contributed by atoms with Gasteiger partial charge in [0.25, 0.3) is 0 Å². The molecule has 1 saturated carbocycles. The van der Waals surface area contributed by atoms with Gasteiger partial charge < -0.3 is 10.2 Å². The fraction of sp³-hybridized carbons (Fsp3) is 0.667. The molecule has 0 spiro atoms. The van der Waals surface area contributed by atoms with Gasteiger partial charge >= 0.3 is 11.9 Å². The van der Waals surface area contributed by atoms with Gasteiger partial charge in [0.1, 0.15) is 0 Å². The van der Waals surface area contributed by atoms with Crippen molar-refractivity contribution in [2.24, 2.45) is 11.8 Å². The summed E-state index contributed by atoms with van der Waals surface area (Å²) in [7, 11) is 0. The molecule has 4 heteroatoms. The highest BCUT2D eigenvalue weighted by Crippen LogP contribution is 2.33. The molecule has 0 aromatic rings. The molecule has 90 valence electrons. The first-order chi connectivity index (χ1) is 7.52. The number of hydrogen-bond acceptors (Lipinski definition) is 2. The number of carboxylic acid groups (broad SMARTS) is 2. The Kier molecular flexibility index (Phi) is 4.52. The molecule has 1 aliphatic rings. The van der Waals surface area contributed by atoms with E-state index in [1.54, 1.807) is 0 Å². The second-order valence-corrected chi connectivity index (χ2v) is 4.43. The maximum atomic E-state index is 11.0. The molecule has 0 saturated heterocycles. The van der Waals surface area contributed by atoms with E-state index in [1.165, 1.54) is 6.42 Å². The molecule has 0 aliphatic heterocycles.